The SMILES string of the molecule is CN(C)c1cc(NC(=O)CCl)c2ccccc2n1. The zero-order valence-electron chi connectivity index (χ0n) is 10.3. The molecule has 0 spiro atoms. The Morgan fingerprint density at radius 3 is 2.78 bits per heavy atom. The first kappa shape index (κ1) is 12.6. The van der Waals surface area contributed by atoms with Crippen LogP contribution in [0.4, 0.5) is 11.5 Å². The van der Waals surface area contributed by atoms with E-state index < -0.39 is 0 Å². The van der Waals surface area contributed by atoms with E-state index in [9.17, 15) is 4.79 Å². The molecule has 1 N–H and O–H groups in total. The largest absolute Gasteiger partial charge is 0.363 e. The Hall–Kier alpha value is -1.81. The number of anilines is 2. The number of carbonyl (C=O) groups excluding carboxylic acids is 1. The predicted octanol–water partition coefficient (Wildman–Crippen LogP) is 2.48. The second-order valence-corrected chi connectivity index (χ2v) is 4.39. The number of benzene rings is 1. The molecule has 2 aromatic rings. The highest BCUT2D eigenvalue weighted by atomic mass is 35.5. The molecular formula is C13H14ClN3O. The third kappa shape index (κ3) is 2.54. The highest BCUT2D eigenvalue weighted by Gasteiger charge is 2.09. The second-order valence-electron chi connectivity index (χ2n) is 4.12. The van der Waals surface area contributed by atoms with Gasteiger partial charge in [-0.25, -0.2) is 4.98 Å². The predicted molar refractivity (Wildman–Crippen MR) is 75.4 cm³/mol. The zero-order valence-corrected chi connectivity index (χ0v) is 11.0. The molecule has 1 aromatic carbocycles. The van der Waals surface area contributed by atoms with Crippen molar-refractivity contribution < 1.29 is 4.79 Å². The number of hydrogen-bond acceptors (Lipinski definition) is 3. The van der Waals surface area contributed by atoms with Crippen LogP contribution in [0.1, 0.15) is 0 Å². The van der Waals surface area contributed by atoms with E-state index in [1.807, 2.05) is 49.3 Å². The summed E-state index contributed by atoms with van der Waals surface area (Å²) in [6.45, 7) is 0. The summed E-state index contributed by atoms with van der Waals surface area (Å²) in [6.07, 6.45) is 0. The van der Waals surface area contributed by atoms with Gasteiger partial charge in [-0.15, -0.1) is 11.6 Å². The number of amides is 1. The van der Waals surface area contributed by atoms with Gasteiger partial charge in [0.05, 0.1) is 11.2 Å². The average Bonchev–Trinajstić information content (AvgIpc) is 2.38. The molecule has 0 radical (unpaired) electrons. The lowest BCUT2D eigenvalue weighted by Gasteiger charge is -2.15. The minimum absolute atomic E-state index is 0.0616. The summed E-state index contributed by atoms with van der Waals surface area (Å²) in [5.41, 5.74) is 1.57. The number of alkyl halides is 1. The summed E-state index contributed by atoms with van der Waals surface area (Å²) >= 11 is 5.52. The fraction of sp³-hybridized carbons (Fsp3) is 0.231. The van der Waals surface area contributed by atoms with Gasteiger partial charge < -0.3 is 10.2 Å². The molecule has 0 fully saturated rings. The summed E-state index contributed by atoms with van der Waals surface area (Å²) in [6, 6.07) is 9.51. The molecule has 0 aliphatic rings. The second kappa shape index (κ2) is 5.23. The highest BCUT2D eigenvalue weighted by molar-refractivity contribution is 6.29. The van der Waals surface area contributed by atoms with Crippen LogP contribution in [0.3, 0.4) is 0 Å². The smallest absolute Gasteiger partial charge is 0.239 e. The van der Waals surface area contributed by atoms with E-state index in [1.54, 1.807) is 0 Å². The van der Waals surface area contributed by atoms with E-state index in [2.05, 4.69) is 10.3 Å². The molecule has 0 saturated carbocycles. The van der Waals surface area contributed by atoms with Gasteiger partial charge in [0.25, 0.3) is 0 Å². The number of aromatic nitrogens is 1. The Balaban J connectivity index is 2.57. The molecule has 2 rings (SSSR count). The number of para-hydroxylation sites is 1. The summed E-state index contributed by atoms with van der Waals surface area (Å²) in [7, 11) is 3.81. The van der Waals surface area contributed by atoms with Crippen molar-refractivity contribution in [1.82, 2.24) is 4.98 Å². The van der Waals surface area contributed by atoms with Crippen molar-refractivity contribution in [2.75, 3.05) is 30.2 Å². The van der Waals surface area contributed by atoms with Crippen LogP contribution in [0.5, 0.6) is 0 Å². The summed E-state index contributed by atoms with van der Waals surface area (Å²) in [5.74, 6) is 0.504. The normalized spacial score (nSPS) is 10.4. The molecule has 1 amide bonds. The Labute approximate surface area is 111 Å². The topological polar surface area (TPSA) is 45.2 Å². The Bertz CT molecular complexity index is 583. The number of rotatable bonds is 3. The number of nitrogens with zero attached hydrogens (tertiary/aromatic N) is 2. The first-order chi connectivity index (χ1) is 8.61. The maximum absolute atomic E-state index is 11.4. The van der Waals surface area contributed by atoms with Gasteiger partial charge in [0.1, 0.15) is 11.7 Å². The monoisotopic (exact) mass is 263 g/mol. The van der Waals surface area contributed by atoms with Gasteiger partial charge in [0.15, 0.2) is 0 Å². The number of carbonyl (C=O) groups is 1. The fourth-order valence-corrected chi connectivity index (χ4v) is 1.74. The molecule has 18 heavy (non-hydrogen) atoms. The van der Waals surface area contributed by atoms with E-state index >= 15 is 0 Å². The highest BCUT2D eigenvalue weighted by Crippen LogP contribution is 2.26. The van der Waals surface area contributed by atoms with Crippen LogP contribution in [0.25, 0.3) is 10.9 Å². The molecule has 0 aliphatic heterocycles. The fourth-order valence-electron chi connectivity index (χ4n) is 1.68. The molecule has 5 heteroatoms. The molecule has 94 valence electrons. The van der Waals surface area contributed by atoms with E-state index in [1.165, 1.54) is 0 Å². The molecule has 4 nitrogen and oxygen atoms in total. The maximum Gasteiger partial charge on any atom is 0.239 e. The summed E-state index contributed by atoms with van der Waals surface area (Å²) in [5, 5.41) is 3.70. The number of fused-ring (bicyclic) bond motifs is 1. The van der Waals surface area contributed by atoms with Crippen molar-refractivity contribution in [3.05, 3.63) is 30.3 Å². The van der Waals surface area contributed by atoms with Crippen molar-refractivity contribution >= 4 is 39.9 Å². The third-order valence-corrected chi connectivity index (χ3v) is 2.80. The number of pyridine rings is 1. The first-order valence-corrected chi connectivity index (χ1v) is 6.08. The van der Waals surface area contributed by atoms with Crippen LogP contribution in [0.15, 0.2) is 30.3 Å². The summed E-state index contributed by atoms with van der Waals surface area (Å²) < 4.78 is 0. The lowest BCUT2D eigenvalue weighted by molar-refractivity contribution is -0.113. The van der Waals surface area contributed by atoms with Crippen molar-refractivity contribution in [3.8, 4) is 0 Å². The van der Waals surface area contributed by atoms with Crippen molar-refractivity contribution in [2.45, 2.75) is 0 Å². The molecule has 0 saturated heterocycles. The Morgan fingerprint density at radius 1 is 1.39 bits per heavy atom. The van der Waals surface area contributed by atoms with Gasteiger partial charge in [0, 0.05) is 25.5 Å². The van der Waals surface area contributed by atoms with Crippen LogP contribution < -0.4 is 10.2 Å². The quantitative estimate of drug-likeness (QED) is 0.866. The van der Waals surface area contributed by atoms with Crippen LogP contribution in [0, 0.1) is 0 Å². The van der Waals surface area contributed by atoms with Crippen LogP contribution >= 0.6 is 11.6 Å². The standard InChI is InChI=1S/C13H14ClN3O/c1-17(2)12-7-11(16-13(18)8-14)9-5-3-4-6-10(9)15-12/h3-7H,8H2,1-2H3,(H,15,16,18). The van der Waals surface area contributed by atoms with Gasteiger partial charge in [-0.3, -0.25) is 4.79 Å². The van der Waals surface area contributed by atoms with Crippen molar-refractivity contribution in [1.29, 1.82) is 0 Å². The maximum atomic E-state index is 11.4. The number of nitrogens with one attached hydrogen (secondary N) is 1. The minimum Gasteiger partial charge on any atom is -0.363 e. The van der Waals surface area contributed by atoms with E-state index in [4.69, 9.17) is 11.6 Å². The molecule has 1 heterocycles. The molecule has 0 atom stereocenters. The van der Waals surface area contributed by atoms with Crippen LogP contribution in [-0.2, 0) is 4.79 Å². The van der Waals surface area contributed by atoms with Gasteiger partial charge in [-0.05, 0) is 6.07 Å². The van der Waals surface area contributed by atoms with Crippen LogP contribution in [0.2, 0.25) is 0 Å². The molecular weight excluding hydrogens is 250 g/mol. The number of halogens is 1. The van der Waals surface area contributed by atoms with Crippen molar-refractivity contribution in [3.63, 3.8) is 0 Å². The zero-order chi connectivity index (χ0) is 13.1. The third-order valence-electron chi connectivity index (χ3n) is 2.56. The lowest BCUT2D eigenvalue weighted by atomic mass is 10.2. The molecule has 0 aliphatic carbocycles. The number of hydrogen-bond donors (Lipinski definition) is 1. The van der Waals surface area contributed by atoms with Gasteiger partial charge in [-0.1, -0.05) is 18.2 Å². The van der Waals surface area contributed by atoms with E-state index in [0.717, 1.165) is 22.4 Å². The lowest BCUT2D eigenvalue weighted by Crippen LogP contribution is -2.15. The molecule has 1 aromatic heterocycles. The van der Waals surface area contributed by atoms with Gasteiger partial charge in [-0.2, -0.15) is 0 Å². The Kier molecular flexibility index (Phi) is 3.67. The van der Waals surface area contributed by atoms with Gasteiger partial charge >= 0.3 is 0 Å². The summed E-state index contributed by atoms with van der Waals surface area (Å²) in [4.78, 5) is 17.8. The van der Waals surface area contributed by atoms with Gasteiger partial charge in [0.2, 0.25) is 5.91 Å². The molecule has 0 unspecified atom stereocenters. The Morgan fingerprint density at radius 2 is 2.11 bits per heavy atom. The van der Waals surface area contributed by atoms with E-state index in [0.29, 0.717) is 0 Å². The first-order valence-electron chi connectivity index (χ1n) is 5.54. The minimum atomic E-state index is -0.224. The average molecular weight is 264 g/mol. The van der Waals surface area contributed by atoms with Crippen LogP contribution in [-0.4, -0.2) is 30.9 Å². The van der Waals surface area contributed by atoms with Crippen molar-refractivity contribution in [2.24, 2.45) is 0 Å². The molecule has 0 bridgehead atoms. The van der Waals surface area contributed by atoms with E-state index in [-0.39, 0.29) is 11.8 Å².